The topological polar surface area (TPSA) is 64.1 Å². The Labute approximate surface area is 175 Å². The second kappa shape index (κ2) is 8.62. The summed E-state index contributed by atoms with van der Waals surface area (Å²) >= 11 is 6.12. The molecule has 0 bridgehead atoms. The van der Waals surface area contributed by atoms with Crippen molar-refractivity contribution in [3.63, 3.8) is 0 Å². The molecular formula is C23H22ClN3O2. The molecule has 1 aliphatic carbocycles. The van der Waals surface area contributed by atoms with Crippen LogP contribution < -0.4 is 10.1 Å². The van der Waals surface area contributed by atoms with Crippen molar-refractivity contribution in [1.29, 1.82) is 0 Å². The number of nitrogens with zero attached hydrogens (tertiary/aromatic N) is 2. The number of carbonyl (C=O) groups is 1. The van der Waals surface area contributed by atoms with Gasteiger partial charge in [-0.05, 0) is 54.2 Å². The monoisotopic (exact) mass is 407 g/mol. The van der Waals surface area contributed by atoms with Crippen LogP contribution in [0.3, 0.4) is 0 Å². The van der Waals surface area contributed by atoms with Crippen LogP contribution >= 0.6 is 11.6 Å². The van der Waals surface area contributed by atoms with E-state index in [1.165, 1.54) is 5.56 Å². The summed E-state index contributed by atoms with van der Waals surface area (Å²) in [5.41, 5.74) is 3.70. The predicted molar refractivity (Wildman–Crippen MR) is 114 cm³/mol. The molecule has 3 aromatic rings. The molecule has 0 saturated carbocycles. The van der Waals surface area contributed by atoms with Crippen LogP contribution in [0.1, 0.15) is 39.5 Å². The zero-order valence-electron chi connectivity index (χ0n) is 16.2. The van der Waals surface area contributed by atoms with Crippen molar-refractivity contribution in [1.82, 2.24) is 9.97 Å². The summed E-state index contributed by atoms with van der Waals surface area (Å²) in [6.07, 6.45) is 3.65. The van der Waals surface area contributed by atoms with Gasteiger partial charge in [0.2, 0.25) is 5.95 Å². The molecule has 0 aliphatic heterocycles. The van der Waals surface area contributed by atoms with Crippen molar-refractivity contribution in [3.05, 3.63) is 82.1 Å². The number of benzene rings is 2. The first kappa shape index (κ1) is 19.4. The number of ketones is 1. The van der Waals surface area contributed by atoms with Crippen LogP contribution in [-0.4, -0.2) is 29.4 Å². The Kier molecular flexibility index (Phi) is 5.76. The molecule has 29 heavy (non-hydrogen) atoms. The lowest BCUT2D eigenvalue weighted by atomic mass is 9.82. The van der Waals surface area contributed by atoms with Crippen LogP contribution in [0.5, 0.6) is 5.75 Å². The van der Waals surface area contributed by atoms with E-state index in [-0.39, 0.29) is 11.7 Å². The van der Waals surface area contributed by atoms with Gasteiger partial charge in [-0.1, -0.05) is 35.9 Å². The third-order valence-corrected chi connectivity index (χ3v) is 5.45. The Hall–Kier alpha value is -2.92. The van der Waals surface area contributed by atoms with Gasteiger partial charge in [0.25, 0.3) is 0 Å². The number of fused-ring (bicyclic) bond motifs is 1. The van der Waals surface area contributed by atoms with Crippen molar-refractivity contribution < 1.29 is 9.53 Å². The number of rotatable bonds is 6. The SMILES string of the molecule is COc1ccc(CCNc2ncc3c(n2)CC(c2cccc(Cl)c2)CC3=O)cc1. The van der Waals surface area contributed by atoms with Crippen molar-refractivity contribution in [2.24, 2.45) is 0 Å². The average molecular weight is 408 g/mol. The van der Waals surface area contributed by atoms with Crippen LogP contribution in [-0.2, 0) is 12.8 Å². The Bertz CT molecular complexity index is 1020. The first-order valence-corrected chi connectivity index (χ1v) is 10.0. The molecule has 1 atom stereocenters. The maximum atomic E-state index is 12.6. The minimum absolute atomic E-state index is 0.0843. The highest BCUT2D eigenvalue weighted by molar-refractivity contribution is 6.30. The van der Waals surface area contributed by atoms with Gasteiger partial charge in [0.05, 0.1) is 18.4 Å². The molecule has 1 N–H and O–H groups in total. The van der Waals surface area contributed by atoms with E-state index >= 15 is 0 Å². The van der Waals surface area contributed by atoms with Gasteiger partial charge in [-0.15, -0.1) is 0 Å². The Morgan fingerprint density at radius 3 is 2.76 bits per heavy atom. The quantitative estimate of drug-likeness (QED) is 0.641. The number of nitrogens with one attached hydrogen (secondary N) is 1. The Balaban J connectivity index is 1.43. The molecule has 1 heterocycles. The van der Waals surface area contributed by atoms with E-state index in [9.17, 15) is 4.79 Å². The predicted octanol–water partition coefficient (Wildman–Crippen LogP) is 4.71. The van der Waals surface area contributed by atoms with Crippen LogP contribution in [0.2, 0.25) is 5.02 Å². The molecule has 0 fully saturated rings. The number of anilines is 1. The molecule has 5 nitrogen and oxygen atoms in total. The third-order valence-electron chi connectivity index (χ3n) is 5.22. The van der Waals surface area contributed by atoms with Crippen molar-refractivity contribution >= 4 is 23.3 Å². The van der Waals surface area contributed by atoms with E-state index in [0.29, 0.717) is 35.9 Å². The molecule has 1 aromatic heterocycles. The lowest BCUT2D eigenvalue weighted by Gasteiger charge is -2.23. The second-order valence-electron chi connectivity index (χ2n) is 7.16. The fourth-order valence-electron chi connectivity index (χ4n) is 3.64. The summed E-state index contributed by atoms with van der Waals surface area (Å²) < 4.78 is 5.18. The maximum absolute atomic E-state index is 12.6. The lowest BCUT2D eigenvalue weighted by molar-refractivity contribution is 0.0962. The zero-order valence-corrected chi connectivity index (χ0v) is 16.9. The van der Waals surface area contributed by atoms with Crippen molar-refractivity contribution in [3.8, 4) is 5.75 Å². The van der Waals surface area contributed by atoms with Crippen LogP contribution in [0.25, 0.3) is 0 Å². The van der Waals surface area contributed by atoms with Gasteiger partial charge >= 0.3 is 0 Å². The average Bonchev–Trinajstić information content (AvgIpc) is 2.74. The number of Topliss-reactive ketones (excluding diaryl/α,β-unsaturated/α-hetero) is 1. The van der Waals surface area contributed by atoms with E-state index < -0.39 is 0 Å². The first-order valence-electron chi connectivity index (χ1n) is 9.64. The first-order chi connectivity index (χ1) is 14.1. The number of ether oxygens (including phenoxy) is 1. The van der Waals surface area contributed by atoms with Gasteiger partial charge in [0.15, 0.2) is 5.78 Å². The largest absolute Gasteiger partial charge is 0.497 e. The molecule has 0 spiro atoms. The summed E-state index contributed by atoms with van der Waals surface area (Å²) in [5, 5.41) is 3.95. The van der Waals surface area contributed by atoms with Gasteiger partial charge in [-0.2, -0.15) is 0 Å². The number of carbonyl (C=O) groups excluding carboxylic acids is 1. The van der Waals surface area contributed by atoms with Crippen molar-refractivity contribution in [2.75, 3.05) is 19.0 Å². The molecule has 148 valence electrons. The Morgan fingerprint density at radius 1 is 1.17 bits per heavy atom. The smallest absolute Gasteiger partial charge is 0.222 e. The maximum Gasteiger partial charge on any atom is 0.222 e. The molecule has 0 saturated heterocycles. The van der Waals surface area contributed by atoms with Crippen LogP contribution in [0, 0.1) is 0 Å². The summed E-state index contributed by atoms with van der Waals surface area (Å²) in [6.45, 7) is 0.705. The number of halogens is 1. The van der Waals surface area contributed by atoms with Crippen LogP contribution in [0.15, 0.2) is 54.7 Å². The summed E-state index contributed by atoms with van der Waals surface area (Å²) in [4.78, 5) is 21.5. The van der Waals surface area contributed by atoms with E-state index in [0.717, 1.165) is 23.4 Å². The summed E-state index contributed by atoms with van der Waals surface area (Å²) in [6, 6.07) is 15.7. The van der Waals surface area contributed by atoms with E-state index in [2.05, 4.69) is 15.3 Å². The van der Waals surface area contributed by atoms with Gasteiger partial charge < -0.3 is 10.1 Å². The minimum Gasteiger partial charge on any atom is -0.497 e. The zero-order chi connectivity index (χ0) is 20.2. The molecule has 2 aromatic carbocycles. The number of hydrogen-bond donors (Lipinski definition) is 1. The van der Waals surface area contributed by atoms with Gasteiger partial charge in [0, 0.05) is 24.2 Å². The molecule has 0 radical (unpaired) electrons. The highest BCUT2D eigenvalue weighted by atomic mass is 35.5. The lowest BCUT2D eigenvalue weighted by Crippen LogP contribution is -2.21. The molecule has 6 heteroatoms. The molecule has 1 unspecified atom stereocenters. The number of methoxy groups -OCH3 is 1. The fourth-order valence-corrected chi connectivity index (χ4v) is 3.84. The normalized spacial score (nSPS) is 15.7. The number of hydrogen-bond acceptors (Lipinski definition) is 5. The van der Waals surface area contributed by atoms with Gasteiger partial charge in [-0.3, -0.25) is 4.79 Å². The Morgan fingerprint density at radius 2 is 2.00 bits per heavy atom. The van der Waals surface area contributed by atoms with Gasteiger partial charge in [-0.25, -0.2) is 9.97 Å². The van der Waals surface area contributed by atoms with Crippen LogP contribution in [0.4, 0.5) is 5.95 Å². The van der Waals surface area contributed by atoms with E-state index in [4.69, 9.17) is 16.3 Å². The molecule has 1 aliphatic rings. The van der Waals surface area contributed by atoms with Gasteiger partial charge in [0.1, 0.15) is 5.75 Å². The molecule has 0 amide bonds. The molecular weight excluding hydrogens is 386 g/mol. The summed E-state index contributed by atoms with van der Waals surface area (Å²) in [5.74, 6) is 1.58. The second-order valence-corrected chi connectivity index (χ2v) is 7.60. The minimum atomic E-state index is 0.0843. The fraction of sp³-hybridized carbons (Fsp3) is 0.261. The standard InChI is InChI=1S/C23H22ClN3O2/c1-29-19-7-5-15(6-8-19)9-10-25-23-26-14-20-21(27-23)12-17(13-22(20)28)16-3-2-4-18(24)11-16/h2-8,11,14,17H,9-10,12-13H2,1H3,(H,25,26,27). The highest BCUT2D eigenvalue weighted by Gasteiger charge is 2.28. The highest BCUT2D eigenvalue weighted by Crippen LogP contribution is 2.32. The third kappa shape index (κ3) is 4.57. The van der Waals surface area contributed by atoms with E-state index in [1.807, 2.05) is 48.5 Å². The van der Waals surface area contributed by atoms with E-state index in [1.54, 1.807) is 13.3 Å². The van der Waals surface area contributed by atoms with Crippen molar-refractivity contribution in [2.45, 2.75) is 25.2 Å². The molecule has 4 rings (SSSR count). The number of aromatic nitrogens is 2. The summed E-state index contributed by atoms with van der Waals surface area (Å²) in [7, 11) is 1.66.